The smallest absolute Gasteiger partial charge is 0.323 e. The van der Waals surface area contributed by atoms with Gasteiger partial charge in [-0.15, -0.1) is 0 Å². The summed E-state index contributed by atoms with van der Waals surface area (Å²) in [6, 6.07) is 4.31. The van der Waals surface area contributed by atoms with Crippen LogP contribution in [0.15, 0.2) is 23.1 Å². The number of phenolic OH excluding ortho intramolecular Hbond substituents is 1. The van der Waals surface area contributed by atoms with Crippen molar-refractivity contribution in [2.24, 2.45) is 0 Å². The van der Waals surface area contributed by atoms with E-state index in [9.17, 15) is 19.5 Å². The lowest BCUT2D eigenvalue weighted by Crippen LogP contribution is -2.33. The summed E-state index contributed by atoms with van der Waals surface area (Å²) in [6.45, 7) is -0.668. The number of phenols is 1. The molecule has 1 aliphatic rings. The number of aromatic hydroxyl groups is 1. The van der Waals surface area contributed by atoms with Crippen molar-refractivity contribution in [3.63, 3.8) is 0 Å². The lowest BCUT2D eigenvalue weighted by atomic mass is 10.2. The van der Waals surface area contributed by atoms with E-state index in [0.717, 1.165) is 0 Å². The van der Waals surface area contributed by atoms with Gasteiger partial charge in [-0.25, -0.2) is 0 Å². The van der Waals surface area contributed by atoms with Crippen LogP contribution in [0.25, 0.3) is 6.08 Å². The van der Waals surface area contributed by atoms with Crippen LogP contribution in [0.4, 0.5) is 4.79 Å². The number of hydrogen-bond donors (Lipinski definition) is 2. The van der Waals surface area contributed by atoms with Crippen molar-refractivity contribution in [2.75, 3.05) is 6.54 Å². The van der Waals surface area contributed by atoms with Gasteiger partial charge in [0.2, 0.25) is 0 Å². The van der Waals surface area contributed by atoms with Gasteiger partial charge < -0.3 is 10.2 Å². The molecule has 6 nitrogen and oxygen atoms in total. The van der Waals surface area contributed by atoms with Crippen molar-refractivity contribution in [3.8, 4) is 5.75 Å². The Balaban J connectivity index is 2.27. The van der Waals surface area contributed by atoms with Gasteiger partial charge in [0.05, 0.1) is 9.93 Å². The molecule has 2 N–H and O–H groups in total. The van der Waals surface area contributed by atoms with E-state index in [2.05, 4.69) is 0 Å². The molecule has 104 valence electrons. The van der Waals surface area contributed by atoms with Crippen LogP contribution in [-0.2, 0) is 9.59 Å². The Morgan fingerprint density at radius 1 is 1.40 bits per heavy atom. The molecular weight excluding hydrogens is 306 g/mol. The van der Waals surface area contributed by atoms with Gasteiger partial charge in [-0.2, -0.15) is 0 Å². The van der Waals surface area contributed by atoms with Gasteiger partial charge in [0.1, 0.15) is 12.3 Å². The van der Waals surface area contributed by atoms with Gasteiger partial charge in [-0.3, -0.25) is 19.3 Å². The van der Waals surface area contributed by atoms with Gasteiger partial charge >= 0.3 is 5.97 Å². The number of imide groups is 1. The summed E-state index contributed by atoms with van der Waals surface area (Å²) >= 11 is 6.39. The van der Waals surface area contributed by atoms with E-state index in [-0.39, 0.29) is 15.7 Å². The van der Waals surface area contributed by atoms with Crippen LogP contribution >= 0.6 is 23.4 Å². The van der Waals surface area contributed by atoms with Crippen LogP contribution in [0, 0.1) is 0 Å². The summed E-state index contributed by atoms with van der Waals surface area (Å²) in [4.78, 5) is 34.8. The standard InChI is InChI=1S/C12H8ClNO5S/c13-7-3-6(1-2-8(7)15)4-9-11(18)14(5-10(16)17)12(19)20-9/h1-4,15H,5H2,(H,16,17)/b9-4+. The van der Waals surface area contributed by atoms with Crippen LogP contribution in [0.3, 0.4) is 0 Å². The van der Waals surface area contributed by atoms with E-state index < -0.39 is 23.7 Å². The Kier molecular flexibility index (Phi) is 4.01. The number of carbonyl (C=O) groups excluding carboxylic acids is 2. The minimum atomic E-state index is -1.26. The summed E-state index contributed by atoms with van der Waals surface area (Å²) < 4.78 is 0. The van der Waals surface area contributed by atoms with Crippen molar-refractivity contribution >= 4 is 46.6 Å². The second-order valence-corrected chi connectivity index (χ2v) is 5.27. The zero-order valence-corrected chi connectivity index (χ0v) is 11.4. The lowest BCUT2D eigenvalue weighted by molar-refractivity contribution is -0.140. The van der Waals surface area contributed by atoms with Crippen LogP contribution in [0.5, 0.6) is 5.75 Å². The predicted molar refractivity (Wildman–Crippen MR) is 73.4 cm³/mol. The summed E-state index contributed by atoms with van der Waals surface area (Å²) in [7, 11) is 0. The normalized spacial score (nSPS) is 17.1. The van der Waals surface area contributed by atoms with E-state index in [4.69, 9.17) is 16.7 Å². The molecule has 0 aliphatic carbocycles. The Bertz CT molecular complexity index is 643. The fourth-order valence-corrected chi connectivity index (χ4v) is 2.56. The summed E-state index contributed by atoms with van der Waals surface area (Å²) in [5.41, 5.74) is 0.522. The first-order chi connectivity index (χ1) is 9.38. The number of carboxylic acids is 1. The highest BCUT2D eigenvalue weighted by atomic mass is 35.5. The van der Waals surface area contributed by atoms with Crippen LogP contribution in [0.1, 0.15) is 5.56 Å². The van der Waals surface area contributed by atoms with Crippen molar-refractivity contribution in [1.29, 1.82) is 0 Å². The van der Waals surface area contributed by atoms with Crippen LogP contribution < -0.4 is 0 Å². The maximum atomic E-state index is 11.9. The van der Waals surface area contributed by atoms with Crippen LogP contribution in [0.2, 0.25) is 5.02 Å². The zero-order valence-electron chi connectivity index (χ0n) is 9.87. The molecule has 0 radical (unpaired) electrons. The number of amides is 2. The number of halogens is 1. The molecular formula is C12H8ClNO5S. The molecule has 20 heavy (non-hydrogen) atoms. The summed E-state index contributed by atoms with van der Waals surface area (Å²) in [6.07, 6.45) is 1.41. The van der Waals surface area contributed by atoms with E-state index in [1.165, 1.54) is 24.3 Å². The molecule has 0 bridgehead atoms. The Morgan fingerprint density at radius 3 is 2.70 bits per heavy atom. The summed E-state index contributed by atoms with van der Waals surface area (Å²) in [5.74, 6) is -2.02. The minimum Gasteiger partial charge on any atom is -0.506 e. The topological polar surface area (TPSA) is 94.9 Å². The van der Waals surface area contributed by atoms with Gasteiger partial charge in [0, 0.05) is 0 Å². The lowest BCUT2D eigenvalue weighted by Gasteiger charge is -2.07. The second-order valence-electron chi connectivity index (χ2n) is 3.87. The third-order valence-corrected chi connectivity index (χ3v) is 3.65. The van der Waals surface area contributed by atoms with E-state index in [1.54, 1.807) is 0 Å². The van der Waals surface area contributed by atoms with Crippen molar-refractivity contribution in [2.45, 2.75) is 0 Å². The van der Waals surface area contributed by atoms with Crippen molar-refractivity contribution < 1.29 is 24.6 Å². The number of carboxylic acid groups (broad SMARTS) is 1. The molecule has 1 aromatic carbocycles. The number of aliphatic carboxylic acids is 1. The number of benzene rings is 1. The predicted octanol–water partition coefficient (Wildman–Crippen LogP) is 2.17. The molecule has 1 aliphatic heterocycles. The van der Waals surface area contributed by atoms with Gasteiger partial charge in [0.15, 0.2) is 0 Å². The van der Waals surface area contributed by atoms with E-state index in [1.807, 2.05) is 0 Å². The quantitative estimate of drug-likeness (QED) is 0.830. The fourth-order valence-electron chi connectivity index (χ4n) is 1.54. The number of carbonyl (C=O) groups is 3. The number of thioether (sulfide) groups is 1. The molecule has 2 rings (SSSR count). The first-order valence-corrected chi connectivity index (χ1v) is 6.53. The molecule has 1 heterocycles. The average molecular weight is 314 g/mol. The Hall–Kier alpha value is -1.99. The van der Waals surface area contributed by atoms with Gasteiger partial charge in [-0.1, -0.05) is 17.7 Å². The Labute approximate surface area is 122 Å². The number of nitrogens with zero attached hydrogens (tertiary/aromatic N) is 1. The van der Waals surface area contributed by atoms with Crippen molar-refractivity contribution in [3.05, 3.63) is 33.7 Å². The van der Waals surface area contributed by atoms with Gasteiger partial charge in [-0.05, 0) is 35.5 Å². The maximum Gasteiger partial charge on any atom is 0.323 e. The highest BCUT2D eigenvalue weighted by Crippen LogP contribution is 2.33. The van der Waals surface area contributed by atoms with Gasteiger partial charge in [0.25, 0.3) is 11.1 Å². The molecule has 0 spiro atoms. The number of rotatable bonds is 3. The SMILES string of the molecule is O=C(O)CN1C(=O)S/C(=C/c2ccc(O)c(Cl)c2)C1=O. The van der Waals surface area contributed by atoms with Crippen LogP contribution in [-0.4, -0.2) is 38.8 Å². The molecule has 0 atom stereocenters. The average Bonchev–Trinajstić information content (AvgIpc) is 2.61. The summed E-state index contributed by atoms with van der Waals surface area (Å²) in [5, 5.41) is 17.4. The highest BCUT2D eigenvalue weighted by Gasteiger charge is 2.36. The largest absolute Gasteiger partial charge is 0.506 e. The monoisotopic (exact) mass is 313 g/mol. The molecule has 0 saturated carbocycles. The first-order valence-electron chi connectivity index (χ1n) is 5.34. The highest BCUT2D eigenvalue weighted by molar-refractivity contribution is 8.18. The first kappa shape index (κ1) is 14.4. The Morgan fingerprint density at radius 2 is 2.10 bits per heavy atom. The molecule has 1 aromatic rings. The molecule has 0 unspecified atom stereocenters. The molecule has 0 aromatic heterocycles. The second kappa shape index (κ2) is 5.56. The van der Waals surface area contributed by atoms with E-state index in [0.29, 0.717) is 22.2 Å². The number of hydrogen-bond acceptors (Lipinski definition) is 5. The van der Waals surface area contributed by atoms with Crippen molar-refractivity contribution in [1.82, 2.24) is 4.90 Å². The third kappa shape index (κ3) is 2.94. The molecule has 1 saturated heterocycles. The molecule has 1 fully saturated rings. The zero-order chi connectivity index (χ0) is 14.9. The minimum absolute atomic E-state index is 0.0946. The van der Waals surface area contributed by atoms with E-state index >= 15 is 0 Å². The molecule has 8 heteroatoms. The molecule has 2 amide bonds. The fraction of sp³-hybridized carbons (Fsp3) is 0.0833. The third-order valence-electron chi connectivity index (χ3n) is 2.44. The maximum absolute atomic E-state index is 11.9.